The van der Waals surface area contributed by atoms with E-state index in [0.29, 0.717) is 5.92 Å². The second-order valence-electron chi connectivity index (χ2n) is 5.50. The number of rotatable bonds is 5. The summed E-state index contributed by atoms with van der Waals surface area (Å²) in [6, 6.07) is 19.0. The van der Waals surface area contributed by atoms with E-state index in [2.05, 4.69) is 62.2 Å². The molecular weight excluding hydrogens is 266 g/mol. The molecule has 2 aromatic rings. The zero-order valence-electron chi connectivity index (χ0n) is 12.4. The first-order valence-corrected chi connectivity index (χ1v) is 7.51. The van der Waals surface area contributed by atoms with Crippen molar-refractivity contribution in [3.63, 3.8) is 0 Å². The number of halogens is 1. The van der Waals surface area contributed by atoms with E-state index in [0.717, 1.165) is 6.54 Å². The highest BCUT2D eigenvalue weighted by molar-refractivity contribution is 6.21. The van der Waals surface area contributed by atoms with Gasteiger partial charge < -0.3 is 4.90 Å². The van der Waals surface area contributed by atoms with E-state index in [9.17, 15) is 0 Å². The van der Waals surface area contributed by atoms with Crippen molar-refractivity contribution in [1.82, 2.24) is 0 Å². The number of benzene rings is 2. The molecule has 0 aliphatic heterocycles. The minimum Gasteiger partial charge on any atom is -0.373 e. The molecule has 20 heavy (non-hydrogen) atoms. The summed E-state index contributed by atoms with van der Waals surface area (Å²) in [6.07, 6.45) is 0. The molecule has 0 saturated carbocycles. The first-order valence-electron chi connectivity index (χ1n) is 7.08. The van der Waals surface area contributed by atoms with Crippen molar-refractivity contribution in [2.45, 2.75) is 25.1 Å². The van der Waals surface area contributed by atoms with Crippen LogP contribution in [0, 0.1) is 0 Å². The Morgan fingerprint density at radius 1 is 0.900 bits per heavy atom. The van der Waals surface area contributed by atoms with Gasteiger partial charge in [-0.25, -0.2) is 0 Å². The zero-order chi connectivity index (χ0) is 14.5. The number of likely N-dealkylation sites (N-methyl/N-ethyl adjacent to an activating group) is 1. The van der Waals surface area contributed by atoms with Crippen molar-refractivity contribution < 1.29 is 0 Å². The third-order valence-electron chi connectivity index (χ3n) is 3.60. The first kappa shape index (κ1) is 14.9. The van der Waals surface area contributed by atoms with Gasteiger partial charge >= 0.3 is 0 Å². The molecule has 0 aliphatic rings. The quantitative estimate of drug-likeness (QED) is 0.681. The van der Waals surface area contributed by atoms with E-state index in [1.54, 1.807) is 0 Å². The molecule has 0 fully saturated rings. The summed E-state index contributed by atoms with van der Waals surface area (Å²) in [5, 5.41) is 0.00131. The van der Waals surface area contributed by atoms with Crippen LogP contribution in [-0.2, 0) is 0 Å². The van der Waals surface area contributed by atoms with Crippen molar-refractivity contribution >= 4 is 17.3 Å². The van der Waals surface area contributed by atoms with Gasteiger partial charge in [0.25, 0.3) is 0 Å². The van der Waals surface area contributed by atoms with E-state index in [4.69, 9.17) is 11.6 Å². The third-order valence-corrected chi connectivity index (χ3v) is 3.99. The Morgan fingerprint density at radius 3 is 2.00 bits per heavy atom. The van der Waals surface area contributed by atoms with Crippen molar-refractivity contribution in [2.75, 3.05) is 18.5 Å². The summed E-state index contributed by atoms with van der Waals surface area (Å²) in [7, 11) is 2.08. The normalized spacial score (nSPS) is 12.4. The predicted octanol–water partition coefficient (Wildman–Crippen LogP) is 5.23. The van der Waals surface area contributed by atoms with Gasteiger partial charge in [0.15, 0.2) is 0 Å². The smallest absolute Gasteiger partial charge is 0.0760 e. The fraction of sp³-hybridized carbons (Fsp3) is 0.333. The van der Waals surface area contributed by atoms with E-state index in [1.165, 1.54) is 16.8 Å². The molecule has 0 heterocycles. The van der Waals surface area contributed by atoms with Crippen molar-refractivity contribution in [2.24, 2.45) is 0 Å². The van der Waals surface area contributed by atoms with Gasteiger partial charge in [0.2, 0.25) is 0 Å². The molecule has 0 bridgehead atoms. The lowest BCUT2D eigenvalue weighted by molar-refractivity contribution is 0.841. The Morgan fingerprint density at radius 2 is 1.45 bits per heavy atom. The van der Waals surface area contributed by atoms with Crippen LogP contribution in [0.2, 0.25) is 0 Å². The standard InChI is InChI=1S/C18H22ClN/c1-14(2)15-9-11-16(12-10-15)18(19)13-20(3)17-7-5-4-6-8-17/h4-12,14,18H,13H2,1-3H3. The molecule has 0 aromatic heterocycles. The summed E-state index contributed by atoms with van der Waals surface area (Å²) < 4.78 is 0. The lowest BCUT2D eigenvalue weighted by atomic mass is 10.0. The molecule has 106 valence electrons. The highest BCUT2D eigenvalue weighted by atomic mass is 35.5. The zero-order valence-corrected chi connectivity index (χ0v) is 13.1. The fourth-order valence-electron chi connectivity index (χ4n) is 2.22. The predicted molar refractivity (Wildman–Crippen MR) is 88.8 cm³/mol. The van der Waals surface area contributed by atoms with Crippen LogP contribution in [0.5, 0.6) is 0 Å². The Hall–Kier alpha value is -1.47. The summed E-state index contributed by atoms with van der Waals surface area (Å²) >= 11 is 6.54. The maximum absolute atomic E-state index is 6.54. The number of hydrogen-bond donors (Lipinski definition) is 0. The van der Waals surface area contributed by atoms with Crippen molar-refractivity contribution in [1.29, 1.82) is 0 Å². The monoisotopic (exact) mass is 287 g/mol. The van der Waals surface area contributed by atoms with Gasteiger partial charge in [0.05, 0.1) is 5.38 Å². The van der Waals surface area contributed by atoms with Gasteiger partial charge in [-0.05, 0) is 29.2 Å². The van der Waals surface area contributed by atoms with Crippen molar-refractivity contribution in [3.05, 3.63) is 65.7 Å². The topological polar surface area (TPSA) is 3.24 Å². The molecule has 1 nitrogen and oxygen atoms in total. The Labute approximate surface area is 127 Å². The van der Waals surface area contributed by atoms with Crippen LogP contribution in [0.1, 0.15) is 36.3 Å². The lowest BCUT2D eigenvalue weighted by Gasteiger charge is -2.22. The van der Waals surface area contributed by atoms with Gasteiger partial charge in [0, 0.05) is 19.3 Å². The van der Waals surface area contributed by atoms with E-state index in [1.807, 2.05) is 18.2 Å². The first-order chi connectivity index (χ1) is 9.58. The molecule has 2 aromatic carbocycles. The second kappa shape index (κ2) is 6.81. The fourth-order valence-corrected chi connectivity index (χ4v) is 2.58. The molecule has 2 heteroatoms. The minimum atomic E-state index is 0.00131. The molecule has 1 atom stereocenters. The van der Waals surface area contributed by atoms with Crippen LogP contribution < -0.4 is 4.90 Å². The summed E-state index contributed by atoms with van der Waals surface area (Å²) in [6.45, 7) is 5.21. The molecule has 0 N–H and O–H groups in total. The molecular formula is C18H22ClN. The van der Waals surface area contributed by atoms with Gasteiger partial charge in [-0.1, -0.05) is 56.3 Å². The second-order valence-corrected chi connectivity index (χ2v) is 6.03. The summed E-state index contributed by atoms with van der Waals surface area (Å²) in [5.74, 6) is 0.560. The Bertz CT molecular complexity index is 519. The molecule has 0 aliphatic carbocycles. The molecule has 0 saturated heterocycles. The van der Waals surface area contributed by atoms with E-state index in [-0.39, 0.29) is 5.38 Å². The van der Waals surface area contributed by atoms with Crippen molar-refractivity contribution in [3.8, 4) is 0 Å². The average Bonchev–Trinajstić information content (AvgIpc) is 2.48. The molecule has 1 unspecified atom stereocenters. The average molecular weight is 288 g/mol. The minimum absolute atomic E-state index is 0.00131. The maximum Gasteiger partial charge on any atom is 0.0760 e. The van der Waals surface area contributed by atoms with Crippen LogP contribution >= 0.6 is 11.6 Å². The van der Waals surface area contributed by atoms with Gasteiger partial charge in [-0.3, -0.25) is 0 Å². The lowest BCUT2D eigenvalue weighted by Crippen LogP contribution is -2.21. The van der Waals surface area contributed by atoms with Crippen LogP contribution in [0.3, 0.4) is 0 Å². The van der Waals surface area contributed by atoms with Crippen LogP contribution in [0.25, 0.3) is 0 Å². The Balaban J connectivity index is 2.02. The van der Waals surface area contributed by atoms with E-state index < -0.39 is 0 Å². The largest absolute Gasteiger partial charge is 0.373 e. The van der Waals surface area contributed by atoms with Gasteiger partial charge in [0.1, 0.15) is 0 Å². The number of nitrogens with zero attached hydrogens (tertiary/aromatic N) is 1. The van der Waals surface area contributed by atoms with Gasteiger partial charge in [-0.2, -0.15) is 0 Å². The SMILES string of the molecule is CC(C)c1ccc(C(Cl)CN(C)c2ccccc2)cc1. The third kappa shape index (κ3) is 3.77. The number of para-hydroxylation sites is 1. The molecule has 2 rings (SSSR count). The molecule has 0 radical (unpaired) electrons. The maximum atomic E-state index is 6.54. The summed E-state index contributed by atoms with van der Waals surface area (Å²) in [5.41, 5.74) is 3.73. The van der Waals surface area contributed by atoms with E-state index >= 15 is 0 Å². The molecule has 0 amide bonds. The van der Waals surface area contributed by atoms with Crippen LogP contribution in [-0.4, -0.2) is 13.6 Å². The Kier molecular flexibility index (Phi) is 5.08. The number of hydrogen-bond acceptors (Lipinski definition) is 1. The van der Waals surface area contributed by atoms with Crippen LogP contribution in [0.15, 0.2) is 54.6 Å². The van der Waals surface area contributed by atoms with Gasteiger partial charge in [-0.15, -0.1) is 11.6 Å². The summed E-state index contributed by atoms with van der Waals surface area (Å²) in [4.78, 5) is 2.19. The molecule has 0 spiro atoms. The number of alkyl halides is 1. The number of anilines is 1. The highest BCUT2D eigenvalue weighted by Gasteiger charge is 2.11. The highest BCUT2D eigenvalue weighted by Crippen LogP contribution is 2.25. The van der Waals surface area contributed by atoms with Crippen LogP contribution in [0.4, 0.5) is 5.69 Å².